The van der Waals surface area contributed by atoms with E-state index in [-0.39, 0.29) is 0 Å². The highest BCUT2D eigenvalue weighted by molar-refractivity contribution is 5.77. The number of rotatable bonds is 4. The number of azide groups is 1. The van der Waals surface area contributed by atoms with Crippen molar-refractivity contribution in [1.29, 1.82) is 0 Å². The van der Waals surface area contributed by atoms with Gasteiger partial charge in [-0.05, 0) is 42.1 Å². The maximum absolute atomic E-state index is 10.7. The van der Waals surface area contributed by atoms with Crippen molar-refractivity contribution in [2.75, 3.05) is 24.5 Å². The van der Waals surface area contributed by atoms with Gasteiger partial charge in [0.2, 0.25) is 0 Å². The van der Waals surface area contributed by atoms with Crippen LogP contribution in [0.2, 0.25) is 0 Å². The zero-order valence-electron chi connectivity index (χ0n) is 9.54. The summed E-state index contributed by atoms with van der Waals surface area (Å²) in [5, 5.41) is 3.56. The van der Waals surface area contributed by atoms with Gasteiger partial charge in [-0.3, -0.25) is 4.79 Å². The first-order valence-corrected chi connectivity index (χ1v) is 5.69. The molecule has 0 radical (unpaired) electrons. The van der Waals surface area contributed by atoms with Gasteiger partial charge in [-0.2, -0.15) is 0 Å². The molecule has 88 valence electrons. The molecule has 0 aliphatic carbocycles. The summed E-state index contributed by atoms with van der Waals surface area (Å²) in [7, 11) is 0. The third-order valence-electron chi connectivity index (χ3n) is 2.99. The molecule has 0 atom stereocenters. The fourth-order valence-electron chi connectivity index (χ4n) is 2.21. The molecule has 1 aromatic carbocycles. The van der Waals surface area contributed by atoms with Crippen molar-refractivity contribution in [3.8, 4) is 0 Å². The molecule has 1 aliphatic heterocycles. The molecule has 17 heavy (non-hydrogen) atoms. The van der Waals surface area contributed by atoms with Crippen LogP contribution >= 0.6 is 0 Å². The molecule has 0 bridgehead atoms. The molecular formula is C12H14N4O. The zero-order valence-corrected chi connectivity index (χ0v) is 9.54. The Hall–Kier alpha value is -2.00. The van der Waals surface area contributed by atoms with Gasteiger partial charge in [0, 0.05) is 35.8 Å². The molecule has 1 heterocycles. The van der Waals surface area contributed by atoms with E-state index in [2.05, 4.69) is 14.9 Å². The fraction of sp³-hybridized carbons (Fsp3) is 0.417. The van der Waals surface area contributed by atoms with Crippen LogP contribution in [0.15, 0.2) is 23.3 Å². The second kappa shape index (κ2) is 5.37. The van der Waals surface area contributed by atoms with E-state index in [0.717, 1.165) is 43.5 Å². The third-order valence-corrected chi connectivity index (χ3v) is 2.99. The highest BCUT2D eigenvalue weighted by atomic mass is 16.1. The first-order valence-electron chi connectivity index (χ1n) is 5.69. The van der Waals surface area contributed by atoms with E-state index in [4.69, 9.17) is 5.53 Å². The van der Waals surface area contributed by atoms with Gasteiger partial charge < -0.3 is 4.90 Å². The Morgan fingerprint density at radius 1 is 1.53 bits per heavy atom. The normalized spacial score (nSPS) is 13.8. The summed E-state index contributed by atoms with van der Waals surface area (Å²) >= 11 is 0. The number of aryl methyl sites for hydroxylation is 1. The Kier molecular flexibility index (Phi) is 3.62. The van der Waals surface area contributed by atoms with Crippen LogP contribution in [0, 0.1) is 0 Å². The van der Waals surface area contributed by atoms with E-state index >= 15 is 0 Å². The maximum Gasteiger partial charge on any atom is 0.150 e. The van der Waals surface area contributed by atoms with Crippen LogP contribution in [0.5, 0.6) is 0 Å². The topological polar surface area (TPSA) is 69.1 Å². The number of carbonyl (C=O) groups is 1. The zero-order chi connectivity index (χ0) is 12.1. The largest absolute Gasteiger partial charge is 0.371 e. The number of benzene rings is 1. The van der Waals surface area contributed by atoms with Gasteiger partial charge in [0.1, 0.15) is 6.29 Å². The molecule has 0 unspecified atom stereocenters. The van der Waals surface area contributed by atoms with Crippen molar-refractivity contribution < 1.29 is 4.79 Å². The Bertz CT molecular complexity index is 466. The maximum atomic E-state index is 10.7. The molecule has 1 aliphatic rings. The van der Waals surface area contributed by atoms with Crippen LogP contribution < -0.4 is 4.90 Å². The van der Waals surface area contributed by atoms with Crippen molar-refractivity contribution >= 4 is 12.0 Å². The van der Waals surface area contributed by atoms with Crippen molar-refractivity contribution in [2.45, 2.75) is 12.8 Å². The Morgan fingerprint density at radius 3 is 3.18 bits per heavy atom. The number of hydrogen-bond donors (Lipinski definition) is 0. The molecule has 1 aromatic rings. The van der Waals surface area contributed by atoms with Crippen molar-refractivity contribution in [3.05, 3.63) is 39.8 Å². The molecular weight excluding hydrogens is 216 g/mol. The molecule has 0 saturated carbocycles. The Morgan fingerprint density at radius 2 is 2.41 bits per heavy atom. The molecule has 5 heteroatoms. The average Bonchev–Trinajstić information content (AvgIpc) is 2.38. The average molecular weight is 230 g/mol. The second-order valence-electron chi connectivity index (χ2n) is 4.05. The Labute approximate surface area is 99.7 Å². The van der Waals surface area contributed by atoms with E-state index in [9.17, 15) is 4.79 Å². The van der Waals surface area contributed by atoms with Gasteiger partial charge in [0.05, 0.1) is 0 Å². The lowest BCUT2D eigenvalue weighted by Crippen LogP contribution is -2.31. The molecule has 5 nitrogen and oxygen atoms in total. The predicted octanol–water partition coefficient (Wildman–Crippen LogP) is 2.56. The molecule has 0 saturated heterocycles. The van der Waals surface area contributed by atoms with E-state index < -0.39 is 0 Å². The predicted molar refractivity (Wildman–Crippen MR) is 66.4 cm³/mol. The van der Waals surface area contributed by atoms with Crippen LogP contribution in [-0.4, -0.2) is 25.9 Å². The summed E-state index contributed by atoms with van der Waals surface area (Å²) in [5.41, 5.74) is 11.4. The minimum Gasteiger partial charge on any atom is -0.371 e. The van der Waals surface area contributed by atoms with Gasteiger partial charge in [0.15, 0.2) is 0 Å². The summed E-state index contributed by atoms with van der Waals surface area (Å²) in [4.78, 5) is 15.7. The Balaban J connectivity index is 2.19. The fourth-order valence-corrected chi connectivity index (χ4v) is 2.21. The highest BCUT2D eigenvalue weighted by Gasteiger charge is 2.16. The SMILES string of the molecule is [N-]=[N+]=NCCN1CCCc2cc(C=O)ccc21. The van der Waals surface area contributed by atoms with Crippen LogP contribution in [0.25, 0.3) is 10.4 Å². The van der Waals surface area contributed by atoms with Gasteiger partial charge in [-0.15, -0.1) is 0 Å². The summed E-state index contributed by atoms with van der Waals surface area (Å²) in [6, 6.07) is 5.76. The molecule has 0 aromatic heterocycles. The quantitative estimate of drug-likeness (QED) is 0.345. The number of nitrogens with zero attached hydrogens (tertiary/aromatic N) is 4. The first-order chi connectivity index (χ1) is 8.35. The standard InChI is InChI=1S/C12H14N4O/c13-15-14-5-7-16-6-1-2-11-8-10(9-17)3-4-12(11)16/h3-4,8-9H,1-2,5-7H2. The van der Waals surface area contributed by atoms with Gasteiger partial charge >= 0.3 is 0 Å². The molecule has 0 amide bonds. The first kappa shape index (κ1) is 11.5. The number of anilines is 1. The lowest BCUT2D eigenvalue weighted by atomic mass is 9.99. The van der Waals surface area contributed by atoms with Crippen LogP contribution in [0.4, 0.5) is 5.69 Å². The number of aldehydes is 1. The van der Waals surface area contributed by atoms with Gasteiger partial charge in [0.25, 0.3) is 0 Å². The molecule has 2 rings (SSSR count). The van der Waals surface area contributed by atoms with Crippen LogP contribution in [0.1, 0.15) is 22.3 Å². The number of hydrogen-bond acceptors (Lipinski definition) is 3. The van der Waals surface area contributed by atoms with Crippen LogP contribution in [0.3, 0.4) is 0 Å². The van der Waals surface area contributed by atoms with Crippen LogP contribution in [-0.2, 0) is 6.42 Å². The van der Waals surface area contributed by atoms with Gasteiger partial charge in [-0.1, -0.05) is 5.11 Å². The minimum atomic E-state index is 0.478. The lowest BCUT2D eigenvalue weighted by molar-refractivity contribution is 0.112. The highest BCUT2D eigenvalue weighted by Crippen LogP contribution is 2.27. The summed E-state index contributed by atoms with van der Waals surface area (Å²) in [5.74, 6) is 0. The number of carbonyl (C=O) groups excluding carboxylic acids is 1. The molecule has 0 spiro atoms. The van der Waals surface area contributed by atoms with E-state index in [1.807, 2.05) is 18.2 Å². The summed E-state index contributed by atoms with van der Waals surface area (Å²) < 4.78 is 0. The van der Waals surface area contributed by atoms with E-state index in [1.165, 1.54) is 5.56 Å². The van der Waals surface area contributed by atoms with Crippen molar-refractivity contribution in [2.24, 2.45) is 5.11 Å². The summed E-state index contributed by atoms with van der Waals surface area (Å²) in [6.45, 7) is 2.19. The van der Waals surface area contributed by atoms with Crippen molar-refractivity contribution in [3.63, 3.8) is 0 Å². The number of fused-ring (bicyclic) bond motifs is 1. The minimum absolute atomic E-state index is 0.478. The monoisotopic (exact) mass is 230 g/mol. The summed E-state index contributed by atoms with van der Waals surface area (Å²) in [6.07, 6.45) is 2.96. The van der Waals surface area contributed by atoms with E-state index in [1.54, 1.807) is 0 Å². The van der Waals surface area contributed by atoms with E-state index in [0.29, 0.717) is 6.54 Å². The van der Waals surface area contributed by atoms with Crippen molar-refractivity contribution in [1.82, 2.24) is 0 Å². The smallest absolute Gasteiger partial charge is 0.150 e. The molecule has 0 N–H and O–H groups in total. The third kappa shape index (κ3) is 2.57. The second-order valence-corrected chi connectivity index (χ2v) is 4.05. The molecule has 0 fully saturated rings. The van der Waals surface area contributed by atoms with Gasteiger partial charge in [-0.25, -0.2) is 0 Å². The lowest BCUT2D eigenvalue weighted by Gasteiger charge is -2.31.